The highest BCUT2D eigenvalue weighted by Gasteiger charge is 2.16. The molecule has 0 N–H and O–H groups in total. The summed E-state index contributed by atoms with van der Waals surface area (Å²) in [6.07, 6.45) is 0. The van der Waals surface area contributed by atoms with Gasteiger partial charge in [-0.2, -0.15) is 0 Å². The predicted molar refractivity (Wildman–Crippen MR) is 149 cm³/mol. The standard InChI is InChI=1S/C31H26S2/c1-17-6-9-23(19(3)12-17)22-8-11-25-28(15-22)32-31-27-14-21(5)26(16-29(27)33-30(25)31)24-10-7-18(2)13-20(24)4/h6-16H,1-5H3. The molecule has 0 fully saturated rings. The van der Waals surface area contributed by atoms with Gasteiger partial charge in [0, 0.05) is 20.2 Å². The van der Waals surface area contributed by atoms with Crippen molar-refractivity contribution in [2.24, 2.45) is 0 Å². The first-order valence-corrected chi connectivity index (χ1v) is 13.1. The summed E-state index contributed by atoms with van der Waals surface area (Å²) in [7, 11) is 0. The molecule has 0 saturated carbocycles. The predicted octanol–water partition coefficient (Wildman–Crippen LogP) is 10.1. The smallest absolute Gasteiger partial charge is 0.0542 e. The summed E-state index contributed by atoms with van der Waals surface area (Å²) in [5.41, 5.74) is 12.0. The van der Waals surface area contributed by atoms with Crippen molar-refractivity contribution < 1.29 is 0 Å². The van der Waals surface area contributed by atoms with Gasteiger partial charge in [0.15, 0.2) is 0 Å². The van der Waals surface area contributed by atoms with Crippen molar-refractivity contribution in [3.63, 3.8) is 0 Å². The van der Waals surface area contributed by atoms with Crippen LogP contribution in [0.15, 0.2) is 66.7 Å². The average Bonchev–Trinajstić information content (AvgIpc) is 3.29. The maximum Gasteiger partial charge on any atom is 0.0542 e. The second kappa shape index (κ2) is 7.55. The molecule has 162 valence electrons. The molecular weight excluding hydrogens is 436 g/mol. The third kappa shape index (κ3) is 3.32. The van der Waals surface area contributed by atoms with E-state index in [0.29, 0.717) is 0 Å². The largest absolute Gasteiger partial charge is 0.134 e. The molecule has 6 aromatic rings. The SMILES string of the molecule is Cc1ccc(-c2ccc3c(c2)sc2c4cc(C)c(-c5ccc(C)cc5C)cc4sc32)c(C)c1. The molecule has 2 heterocycles. The highest BCUT2D eigenvalue weighted by atomic mass is 32.1. The zero-order valence-corrected chi connectivity index (χ0v) is 21.3. The number of benzene rings is 4. The summed E-state index contributed by atoms with van der Waals surface area (Å²) in [5.74, 6) is 0. The number of thiophene rings is 2. The van der Waals surface area contributed by atoms with E-state index in [9.17, 15) is 0 Å². The van der Waals surface area contributed by atoms with Crippen molar-refractivity contribution in [3.8, 4) is 22.3 Å². The van der Waals surface area contributed by atoms with Gasteiger partial charge in [-0.25, -0.2) is 0 Å². The van der Waals surface area contributed by atoms with E-state index in [2.05, 4.69) is 101 Å². The Balaban J connectivity index is 1.53. The Labute approximate surface area is 203 Å². The van der Waals surface area contributed by atoms with Crippen molar-refractivity contribution >= 4 is 52.2 Å². The lowest BCUT2D eigenvalue weighted by molar-refractivity contribution is 1.37. The molecule has 0 bridgehead atoms. The maximum absolute atomic E-state index is 2.41. The lowest BCUT2D eigenvalue weighted by Crippen LogP contribution is -1.88. The van der Waals surface area contributed by atoms with Gasteiger partial charge in [0.1, 0.15) is 0 Å². The molecule has 0 atom stereocenters. The molecule has 0 aliphatic carbocycles. The molecule has 6 rings (SSSR count). The lowest BCUT2D eigenvalue weighted by atomic mass is 9.94. The maximum atomic E-state index is 2.41. The minimum atomic E-state index is 1.31. The van der Waals surface area contributed by atoms with Gasteiger partial charge >= 0.3 is 0 Å². The molecule has 0 aliphatic heterocycles. The molecule has 4 aromatic carbocycles. The first-order chi connectivity index (χ1) is 15.9. The third-order valence-electron chi connectivity index (χ3n) is 6.79. The molecule has 0 spiro atoms. The Bertz CT molecular complexity index is 1710. The van der Waals surface area contributed by atoms with E-state index in [1.54, 1.807) is 0 Å². The average molecular weight is 463 g/mol. The van der Waals surface area contributed by atoms with Crippen LogP contribution < -0.4 is 0 Å². The van der Waals surface area contributed by atoms with Crippen molar-refractivity contribution in [2.45, 2.75) is 34.6 Å². The fourth-order valence-electron chi connectivity index (χ4n) is 5.12. The zero-order chi connectivity index (χ0) is 22.9. The van der Waals surface area contributed by atoms with Gasteiger partial charge in [-0.05, 0) is 91.8 Å². The van der Waals surface area contributed by atoms with Gasteiger partial charge in [-0.3, -0.25) is 0 Å². The van der Waals surface area contributed by atoms with Crippen LogP contribution in [0.2, 0.25) is 0 Å². The molecule has 2 heteroatoms. The molecule has 0 nitrogen and oxygen atoms in total. The third-order valence-corrected chi connectivity index (χ3v) is 9.29. The van der Waals surface area contributed by atoms with Crippen LogP contribution in [-0.4, -0.2) is 0 Å². The van der Waals surface area contributed by atoms with Gasteiger partial charge in [-0.15, -0.1) is 22.7 Å². The molecular formula is C31H26S2. The van der Waals surface area contributed by atoms with Crippen LogP contribution in [-0.2, 0) is 0 Å². The fraction of sp³-hybridized carbons (Fsp3) is 0.161. The highest BCUT2D eigenvalue weighted by molar-refractivity contribution is 7.36. The zero-order valence-electron chi connectivity index (χ0n) is 19.7. The van der Waals surface area contributed by atoms with Gasteiger partial charge in [-0.1, -0.05) is 59.7 Å². The summed E-state index contributed by atoms with van der Waals surface area (Å²) in [6, 6.07) is 25.4. The van der Waals surface area contributed by atoms with E-state index in [-0.39, 0.29) is 0 Å². The molecule has 2 aromatic heterocycles. The number of rotatable bonds is 2. The number of hydrogen-bond acceptors (Lipinski definition) is 2. The van der Waals surface area contributed by atoms with Gasteiger partial charge in [0.2, 0.25) is 0 Å². The first kappa shape index (κ1) is 20.7. The quantitative estimate of drug-likeness (QED) is 0.240. The second-order valence-corrected chi connectivity index (χ2v) is 11.5. The van der Waals surface area contributed by atoms with Crippen molar-refractivity contribution in [2.75, 3.05) is 0 Å². The van der Waals surface area contributed by atoms with Crippen LogP contribution in [0.4, 0.5) is 0 Å². The molecule has 33 heavy (non-hydrogen) atoms. The van der Waals surface area contributed by atoms with Crippen LogP contribution in [0.25, 0.3) is 51.8 Å². The summed E-state index contributed by atoms with van der Waals surface area (Å²) in [4.78, 5) is 0. The Morgan fingerprint density at radius 3 is 1.70 bits per heavy atom. The van der Waals surface area contributed by atoms with E-state index >= 15 is 0 Å². The van der Waals surface area contributed by atoms with Crippen molar-refractivity contribution in [3.05, 3.63) is 94.5 Å². The van der Waals surface area contributed by atoms with Crippen LogP contribution in [0.1, 0.15) is 27.8 Å². The van der Waals surface area contributed by atoms with Gasteiger partial charge in [0.25, 0.3) is 0 Å². The lowest BCUT2D eigenvalue weighted by Gasteiger charge is -2.11. The second-order valence-electron chi connectivity index (χ2n) is 9.37. The first-order valence-electron chi connectivity index (χ1n) is 11.4. The Kier molecular flexibility index (Phi) is 4.72. The van der Waals surface area contributed by atoms with Crippen molar-refractivity contribution in [1.29, 1.82) is 0 Å². The summed E-state index contributed by atoms with van der Waals surface area (Å²) >= 11 is 3.88. The molecule has 0 aliphatic rings. The van der Waals surface area contributed by atoms with Crippen LogP contribution in [0.3, 0.4) is 0 Å². The number of fused-ring (bicyclic) bond motifs is 5. The van der Waals surface area contributed by atoms with Crippen LogP contribution in [0, 0.1) is 34.6 Å². The monoisotopic (exact) mass is 462 g/mol. The van der Waals surface area contributed by atoms with E-state index in [1.807, 2.05) is 22.7 Å². The Hall–Kier alpha value is -2.94. The topological polar surface area (TPSA) is 0 Å². The molecule has 0 amide bonds. The van der Waals surface area contributed by atoms with Crippen LogP contribution in [0.5, 0.6) is 0 Å². The van der Waals surface area contributed by atoms with E-state index in [1.165, 1.54) is 79.6 Å². The van der Waals surface area contributed by atoms with Gasteiger partial charge in [0.05, 0.1) is 9.40 Å². The molecule has 0 unspecified atom stereocenters. The minimum absolute atomic E-state index is 1.31. The Morgan fingerprint density at radius 2 is 1.03 bits per heavy atom. The number of aryl methyl sites for hydroxylation is 5. The van der Waals surface area contributed by atoms with E-state index in [4.69, 9.17) is 0 Å². The van der Waals surface area contributed by atoms with E-state index in [0.717, 1.165) is 0 Å². The fourth-order valence-corrected chi connectivity index (χ4v) is 7.83. The summed E-state index contributed by atoms with van der Waals surface area (Å²) in [6.45, 7) is 11.0. The normalized spacial score (nSPS) is 11.8. The summed E-state index contributed by atoms with van der Waals surface area (Å²) in [5, 5.41) is 2.78. The molecule has 0 radical (unpaired) electrons. The Morgan fingerprint density at radius 1 is 0.455 bits per heavy atom. The highest BCUT2D eigenvalue weighted by Crippen LogP contribution is 2.47. The molecule has 0 saturated heterocycles. The van der Waals surface area contributed by atoms with Crippen LogP contribution >= 0.6 is 22.7 Å². The van der Waals surface area contributed by atoms with Crippen molar-refractivity contribution in [1.82, 2.24) is 0 Å². The van der Waals surface area contributed by atoms with Gasteiger partial charge < -0.3 is 0 Å². The minimum Gasteiger partial charge on any atom is -0.134 e. The summed E-state index contributed by atoms with van der Waals surface area (Å²) < 4.78 is 5.62. The number of hydrogen-bond donors (Lipinski definition) is 0. The van der Waals surface area contributed by atoms with E-state index < -0.39 is 0 Å².